The van der Waals surface area contributed by atoms with E-state index in [2.05, 4.69) is 48.9 Å². The summed E-state index contributed by atoms with van der Waals surface area (Å²) in [5.41, 5.74) is 2.21. The van der Waals surface area contributed by atoms with Gasteiger partial charge in [0.25, 0.3) is 0 Å². The Bertz CT molecular complexity index is 1020. The highest BCUT2D eigenvalue weighted by molar-refractivity contribution is 7.99. The molecule has 1 N–H and O–H groups in total. The van der Waals surface area contributed by atoms with Crippen LogP contribution >= 0.6 is 11.8 Å². The lowest BCUT2D eigenvalue weighted by atomic mass is 10.00. The van der Waals surface area contributed by atoms with Gasteiger partial charge in [-0.05, 0) is 48.6 Å². The molecule has 0 bridgehead atoms. The lowest BCUT2D eigenvalue weighted by Gasteiger charge is -2.31. The van der Waals surface area contributed by atoms with Crippen molar-refractivity contribution in [3.05, 3.63) is 54.0 Å². The molecular formula is C24H32N6O2S. The van der Waals surface area contributed by atoms with E-state index < -0.39 is 0 Å². The van der Waals surface area contributed by atoms with E-state index in [1.165, 1.54) is 11.8 Å². The van der Waals surface area contributed by atoms with Gasteiger partial charge in [-0.3, -0.25) is 9.36 Å². The van der Waals surface area contributed by atoms with Crippen LogP contribution in [0.1, 0.15) is 31.1 Å². The zero-order valence-corrected chi connectivity index (χ0v) is 20.3. The summed E-state index contributed by atoms with van der Waals surface area (Å²) in [4.78, 5) is 16.9. The lowest BCUT2D eigenvalue weighted by molar-refractivity contribution is -0.118. The van der Waals surface area contributed by atoms with E-state index in [1.807, 2.05) is 38.4 Å². The normalized spacial score (nSPS) is 14.5. The minimum Gasteiger partial charge on any atom is -0.467 e. The topological polar surface area (TPSA) is 79.4 Å². The largest absolute Gasteiger partial charge is 0.467 e. The zero-order valence-electron chi connectivity index (χ0n) is 19.5. The number of benzene rings is 1. The number of hydrogen-bond donors (Lipinski definition) is 1. The number of hydrogen-bond acceptors (Lipinski definition) is 7. The average Bonchev–Trinajstić information content (AvgIpc) is 3.47. The first kappa shape index (κ1) is 23.2. The Labute approximate surface area is 199 Å². The van der Waals surface area contributed by atoms with Gasteiger partial charge in [0.1, 0.15) is 5.76 Å². The molecule has 1 aromatic carbocycles. The molecule has 2 aromatic heterocycles. The summed E-state index contributed by atoms with van der Waals surface area (Å²) in [5.74, 6) is 2.68. The highest BCUT2D eigenvalue weighted by atomic mass is 32.2. The number of thioether (sulfide) groups is 1. The molecule has 0 aliphatic carbocycles. The first-order valence-corrected chi connectivity index (χ1v) is 12.3. The van der Waals surface area contributed by atoms with Crippen LogP contribution in [0.15, 0.2) is 52.2 Å². The molecule has 1 aliphatic heterocycles. The Kier molecular flexibility index (Phi) is 7.59. The van der Waals surface area contributed by atoms with Crippen molar-refractivity contribution in [1.82, 2.24) is 20.1 Å². The fourth-order valence-corrected chi connectivity index (χ4v) is 4.58. The molecule has 4 rings (SSSR count). The van der Waals surface area contributed by atoms with E-state index >= 15 is 0 Å². The van der Waals surface area contributed by atoms with Crippen LogP contribution in [-0.2, 0) is 17.9 Å². The predicted octanol–water partition coefficient (Wildman–Crippen LogP) is 3.63. The van der Waals surface area contributed by atoms with Gasteiger partial charge < -0.3 is 19.5 Å². The highest BCUT2D eigenvalue weighted by Crippen LogP contribution is 2.27. The Balaban J connectivity index is 1.37. The molecule has 8 nitrogen and oxygen atoms in total. The van der Waals surface area contributed by atoms with Crippen LogP contribution in [0.4, 0.5) is 11.6 Å². The van der Waals surface area contributed by atoms with Crippen molar-refractivity contribution in [2.24, 2.45) is 5.92 Å². The van der Waals surface area contributed by atoms with Crippen molar-refractivity contribution >= 4 is 29.3 Å². The molecule has 0 unspecified atom stereocenters. The number of nitrogens with zero attached hydrogens (tertiary/aromatic N) is 5. The van der Waals surface area contributed by atoms with Gasteiger partial charge in [0.2, 0.25) is 11.9 Å². The molecule has 0 atom stereocenters. The third kappa shape index (κ3) is 6.10. The maximum absolute atomic E-state index is 12.5. The van der Waals surface area contributed by atoms with Crippen LogP contribution < -0.4 is 15.1 Å². The van der Waals surface area contributed by atoms with E-state index in [1.54, 1.807) is 6.26 Å². The second-order valence-electron chi connectivity index (χ2n) is 8.74. The van der Waals surface area contributed by atoms with Gasteiger partial charge in [0.15, 0.2) is 5.16 Å². The van der Waals surface area contributed by atoms with Gasteiger partial charge in [0.05, 0.1) is 18.6 Å². The summed E-state index contributed by atoms with van der Waals surface area (Å²) in [7, 11) is 4.02. The van der Waals surface area contributed by atoms with Gasteiger partial charge in [-0.2, -0.15) is 0 Å². The van der Waals surface area contributed by atoms with Crippen molar-refractivity contribution < 1.29 is 9.21 Å². The molecule has 1 fully saturated rings. The second-order valence-corrected chi connectivity index (χ2v) is 9.69. The maximum Gasteiger partial charge on any atom is 0.230 e. The van der Waals surface area contributed by atoms with Crippen molar-refractivity contribution in [2.45, 2.75) is 38.0 Å². The molecule has 3 heterocycles. The molecule has 33 heavy (non-hydrogen) atoms. The fourth-order valence-electron chi connectivity index (χ4n) is 3.82. The number of carbonyl (C=O) groups excluding carboxylic acids is 1. The molecular weight excluding hydrogens is 436 g/mol. The van der Waals surface area contributed by atoms with E-state index in [4.69, 9.17) is 4.42 Å². The molecule has 1 saturated heterocycles. The molecule has 3 aromatic rings. The standard InChI is InChI=1S/C24H32N6O2S/c1-18-10-12-29(13-11-18)23-26-27-24(30(23)16-21-5-4-14-32-21)33-17-22(31)25-15-19-6-8-20(9-7-19)28(2)3/h4-9,14,18H,10-13,15-17H2,1-3H3,(H,25,31). The number of nitrogens with one attached hydrogen (secondary N) is 1. The van der Waals surface area contributed by atoms with Crippen LogP contribution in [0.3, 0.4) is 0 Å². The third-order valence-electron chi connectivity index (χ3n) is 5.93. The number of carbonyl (C=O) groups is 1. The first-order chi connectivity index (χ1) is 16.0. The van der Waals surface area contributed by atoms with Crippen LogP contribution in [0, 0.1) is 5.92 Å². The van der Waals surface area contributed by atoms with Crippen molar-refractivity contribution in [1.29, 1.82) is 0 Å². The number of aromatic nitrogens is 3. The summed E-state index contributed by atoms with van der Waals surface area (Å²) < 4.78 is 7.63. The first-order valence-electron chi connectivity index (χ1n) is 11.4. The van der Waals surface area contributed by atoms with E-state index in [9.17, 15) is 4.79 Å². The number of rotatable bonds is 9. The zero-order chi connectivity index (χ0) is 23.2. The average molecular weight is 469 g/mol. The molecule has 9 heteroatoms. The number of piperidine rings is 1. The molecule has 0 spiro atoms. The van der Waals surface area contributed by atoms with Crippen LogP contribution in [0.5, 0.6) is 0 Å². The van der Waals surface area contributed by atoms with Crippen molar-refractivity contribution in [3.63, 3.8) is 0 Å². The van der Waals surface area contributed by atoms with Crippen LogP contribution in [0.25, 0.3) is 0 Å². The summed E-state index contributed by atoms with van der Waals surface area (Å²) in [6.07, 6.45) is 3.97. The predicted molar refractivity (Wildman–Crippen MR) is 132 cm³/mol. The monoisotopic (exact) mass is 468 g/mol. The summed E-state index contributed by atoms with van der Waals surface area (Å²) >= 11 is 1.41. The lowest BCUT2D eigenvalue weighted by Crippen LogP contribution is -2.35. The Morgan fingerprint density at radius 2 is 1.94 bits per heavy atom. The molecule has 176 valence electrons. The van der Waals surface area contributed by atoms with Gasteiger partial charge in [-0.15, -0.1) is 10.2 Å². The summed E-state index contributed by atoms with van der Waals surface area (Å²) in [6.45, 7) is 5.28. The fraction of sp³-hybridized carbons (Fsp3) is 0.458. The Morgan fingerprint density at radius 1 is 1.18 bits per heavy atom. The maximum atomic E-state index is 12.5. The number of amides is 1. The summed E-state index contributed by atoms with van der Waals surface area (Å²) in [6, 6.07) is 12.0. The van der Waals surface area contributed by atoms with Crippen LogP contribution in [0.2, 0.25) is 0 Å². The number of furan rings is 1. The SMILES string of the molecule is CC1CCN(c2nnc(SCC(=O)NCc3ccc(N(C)C)cc3)n2Cc2ccco2)CC1. The third-order valence-corrected chi connectivity index (χ3v) is 6.90. The second kappa shape index (κ2) is 10.8. The van der Waals surface area contributed by atoms with Crippen LogP contribution in [-0.4, -0.2) is 53.6 Å². The van der Waals surface area contributed by atoms with Gasteiger partial charge in [-0.25, -0.2) is 0 Å². The number of anilines is 2. The van der Waals surface area contributed by atoms with Crippen molar-refractivity contribution in [3.8, 4) is 0 Å². The quantitative estimate of drug-likeness (QED) is 0.481. The summed E-state index contributed by atoms with van der Waals surface area (Å²) in [5, 5.41) is 12.6. The minimum absolute atomic E-state index is 0.0300. The molecule has 1 amide bonds. The molecule has 0 radical (unpaired) electrons. The Hall–Kier alpha value is -2.94. The van der Waals surface area contributed by atoms with Crippen molar-refractivity contribution in [2.75, 3.05) is 42.7 Å². The smallest absolute Gasteiger partial charge is 0.230 e. The van der Waals surface area contributed by atoms with E-state index in [0.29, 0.717) is 13.1 Å². The van der Waals surface area contributed by atoms with Gasteiger partial charge >= 0.3 is 0 Å². The molecule has 0 saturated carbocycles. The van der Waals surface area contributed by atoms with Gasteiger partial charge in [0, 0.05) is 39.4 Å². The highest BCUT2D eigenvalue weighted by Gasteiger charge is 2.23. The minimum atomic E-state index is -0.0300. The van der Waals surface area contributed by atoms with Gasteiger partial charge in [-0.1, -0.05) is 30.8 Å². The van der Waals surface area contributed by atoms with E-state index in [0.717, 1.165) is 60.0 Å². The Morgan fingerprint density at radius 3 is 2.61 bits per heavy atom. The molecule has 1 aliphatic rings. The van der Waals surface area contributed by atoms with E-state index in [-0.39, 0.29) is 11.7 Å².